The largest absolute Gasteiger partial charge is 0.456 e. The van der Waals surface area contributed by atoms with Crippen molar-refractivity contribution in [3.05, 3.63) is 84.9 Å². The quantitative estimate of drug-likeness (QED) is 0.351. The Balaban J connectivity index is 1.33. The first-order valence-electron chi connectivity index (χ1n) is 9.11. The lowest BCUT2D eigenvalue weighted by Crippen LogP contribution is -1.99. The molecule has 4 heteroatoms. The first-order chi connectivity index (χ1) is 13.8. The third kappa shape index (κ3) is 2.39. The van der Waals surface area contributed by atoms with Crippen molar-refractivity contribution in [2.45, 2.75) is 0 Å². The average molecular weight is 365 g/mol. The summed E-state index contributed by atoms with van der Waals surface area (Å²) in [6, 6.07) is 27.7. The molecule has 1 aliphatic rings. The SMILES string of the molecule is c1ccc2c(c1)Oc1ccc(Nc3ccc4c(c3)oc3ccccc34)cc1O2. The minimum atomic E-state index is 0.688. The highest BCUT2D eigenvalue weighted by atomic mass is 16.6. The molecule has 6 rings (SSSR count). The van der Waals surface area contributed by atoms with Crippen LogP contribution in [0.15, 0.2) is 89.3 Å². The second kappa shape index (κ2) is 5.79. The number of ether oxygens (including phenoxy) is 2. The van der Waals surface area contributed by atoms with Gasteiger partial charge in [-0.25, -0.2) is 0 Å². The molecule has 0 amide bonds. The molecule has 4 aromatic carbocycles. The Labute approximate surface area is 160 Å². The van der Waals surface area contributed by atoms with Gasteiger partial charge in [-0.15, -0.1) is 0 Å². The number of furan rings is 1. The molecule has 0 fully saturated rings. The maximum Gasteiger partial charge on any atom is 0.172 e. The van der Waals surface area contributed by atoms with Gasteiger partial charge in [-0.05, 0) is 42.5 Å². The summed E-state index contributed by atoms with van der Waals surface area (Å²) in [5.41, 5.74) is 3.62. The van der Waals surface area contributed by atoms with Crippen LogP contribution in [0.5, 0.6) is 23.0 Å². The molecule has 134 valence electrons. The molecule has 1 aliphatic heterocycles. The second-order valence-corrected chi connectivity index (χ2v) is 6.75. The number of nitrogens with one attached hydrogen (secondary N) is 1. The highest BCUT2D eigenvalue weighted by Gasteiger charge is 2.18. The van der Waals surface area contributed by atoms with Gasteiger partial charge in [0.05, 0.1) is 0 Å². The van der Waals surface area contributed by atoms with Gasteiger partial charge < -0.3 is 19.2 Å². The van der Waals surface area contributed by atoms with E-state index in [9.17, 15) is 0 Å². The Morgan fingerprint density at radius 3 is 2.04 bits per heavy atom. The van der Waals surface area contributed by atoms with Crippen LogP contribution in [0, 0.1) is 0 Å². The molecule has 0 atom stereocenters. The van der Waals surface area contributed by atoms with Crippen LogP contribution in [0.3, 0.4) is 0 Å². The third-order valence-corrected chi connectivity index (χ3v) is 4.90. The molecule has 0 bridgehead atoms. The molecule has 5 aromatic rings. The number of anilines is 2. The number of rotatable bonds is 2. The van der Waals surface area contributed by atoms with Crippen LogP contribution in [0.1, 0.15) is 0 Å². The highest BCUT2D eigenvalue weighted by Crippen LogP contribution is 2.46. The van der Waals surface area contributed by atoms with E-state index in [1.807, 2.05) is 66.7 Å². The van der Waals surface area contributed by atoms with E-state index >= 15 is 0 Å². The van der Waals surface area contributed by atoms with Gasteiger partial charge in [0.2, 0.25) is 0 Å². The summed E-state index contributed by atoms with van der Waals surface area (Å²) >= 11 is 0. The molecule has 0 saturated carbocycles. The summed E-state index contributed by atoms with van der Waals surface area (Å²) in [4.78, 5) is 0. The number of benzene rings is 4. The Bertz CT molecular complexity index is 1350. The van der Waals surface area contributed by atoms with Crippen molar-refractivity contribution < 1.29 is 13.9 Å². The van der Waals surface area contributed by atoms with Gasteiger partial charge in [-0.2, -0.15) is 0 Å². The van der Waals surface area contributed by atoms with Crippen LogP contribution in [0.2, 0.25) is 0 Å². The zero-order chi connectivity index (χ0) is 18.5. The summed E-state index contributed by atoms with van der Waals surface area (Å²) in [5.74, 6) is 2.84. The Kier molecular flexibility index (Phi) is 3.14. The fourth-order valence-electron chi connectivity index (χ4n) is 3.58. The molecule has 0 unspecified atom stereocenters. The van der Waals surface area contributed by atoms with E-state index in [2.05, 4.69) is 23.5 Å². The lowest BCUT2D eigenvalue weighted by atomic mass is 10.1. The molecule has 0 aliphatic carbocycles. The zero-order valence-electron chi connectivity index (χ0n) is 14.8. The van der Waals surface area contributed by atoms with Crippen molar-refractivity contribution in [3.8, 4) is 23.0 Å². The predicted molar refractivity (Wildman–Crippen MR) is 110 cm³/mol. The molecule has 0 saturated heterocycles. The second-order valence-electron chi connectivity index (χ2n) is 6.75. The molecule has 4 nitrogen and oxygen atoms in total. The first kappa shape index (κ1) is 15.2. The zero-order valence-corrected chi connectivity index (χ0v) is 14.8. The summed E-state index contributed by atoms with van der Waals surface area (Å²) in [5, 5.41) is 5.66. The Hall–Kier alpha value is -3.92. The molecular weight excluding hydrogens is 350 g/mol. The van der Waals surface area contributed by atoms with Crippen molar-refractivity contribution >= 4 is 33.3 Å². The Morgan fingerprint density at radius 2 is 1.14 bits per heavy atom. The van der Waals surface area contributed by atoms with E-state index in [0.717, 1.165) is 44.8 Å². The molecule has 0 radical (unpaired) electrons. The van der Waals surface area contributed by atoms with Gasteiger partial charge in [-0.1, -0.05) is 30.3 Å². The summed E-state index contributed by atoms with van der Waals surface area (Å²) in [6.45, 7) is 0. The van der Waals surface area contributed by atoms with Gasteiger partial charge >= 0.3 is 0 Å². The molecule has 1 aromatic heterocycles. The smallest absolute Gasteiger partial charge is 0.172 e. The van der Waals surface area contributed by atoms with Gasteiger partial charge in [-0.3, -0.25) is 0 Å². The highest BCUT2D eigenvalue weighted by molar-refractivity contribution is 6.05. The molecule has 0 spiro atoms. The number of fused-ring (bicyclic) bond motifs is 5. The van der Waals surface area contributed by atoms with Crippen LogP contribution in [-0.2, 0) is 0 Å². The minimum absolute atomic E-state index is 0.688. The van der Waals surface area contributed by atoms with Crippen molar-refractivity contribution in [3.63, 3.8) is 0 Å². The van der Waals surface area contributed by atoms with Crippen LogP contribution < -0.4 is 14.8 Å². The lowest BCUT2D eigenvalue weighted by molar-refractivity contribution is 0.360. The van der Waals surface area contributed by atoms with Gasteiger partial charge in [0, 0.05) is 34.3 Å². The van der Waals surface area contributed by atoms with Gasteiger partial charge in [0.15, 0.2) is 23.0 Å². The molecule has 28 heavy (non-hydrogen) atoms. The van der Waals surface area contributed by atoms with E-state index in [1.54, 1.807) is 0 Å². The normalized spacial score (nSPS) is 12.1. The maximum absolute atomic E-state index is 5.98. The van der Waals surface area contributed by atoms with Crippen LogP contribution >= 0.6 is 0 Å². The maximum atomic E-state index is 5.98. The monoisotopic (exact) mass is 365 g/mol. The van der Waals surface area contributed by atoms with Crippen molar-refractivity contribution in [1.82, 2.24) is 0 Å². The van der Waals surface area contributed by atoms with Crippen molar-refractivity contribution in [1.29, 1.82) is 0 Å². The number of hydrogen-bond acceptors (Lipinski definition) is 4. The average Bonchev–Trinajstić information content (AvgIpc) is 3.10. The molecular formula is C24H15NO3. The van der Waals surface area contributed by atoms with E-state index < -0.39 is 0 Å². The third-order valence-electron chi connectivity index (χ3n) is 4.90. The minimum Gasteiger partial charge on any atom is -0.456 e. The number of hydrogen-bond donors (Lipinski definition) is 1. The summed E-state index contributed by atoms with van der Waals surface area (Å²) in [7, 11) is 0. The standard InChI is InChI=1S/C24H15NO3/c1-2-6-19-17(5-1)18-11-9-15(13-23(18)26-19)25-16-10-12-22-24(14-16)28-21-8-4-3-7-20(21)27-22/h1-14,25H. The van der Waals surface area contributed by atoms with Crippen molar-refractivity contribution in [2.24, 2.45) is 0 Å². The fourth-order valence-corrected chi connectivity index (χ4v) is 3.58. The van der Waals surface area contributed by atoms with Crippen LogP contribution in [0.25, 0.3) is 21.9 Å². The Morgan fingerprint density at radius 1 is 0.500 bits per heavy atom. The van der Waals surface area contributed by atoms with Gasteiger partial charge in [0.25, 0.3) is 0 Å². The van der Waals surface area contributed by atoms with Crippen molar-refractivity contribution in [2.75, 3.05) is 5.32 Å². The fraction of sp³-hybridized carbons (Fsp3) is 0. The van der Waals surface area contributed by atoms with E-state index in [1.165, 1.54) is 0 Å². The summed E-state index contributed by atoms with van der Waals surface area (Å²) in [6.07, 6.45) is 0. The lowest BCUT2D eigenvalue weighted by Gasteiger charge is -2.21. The molecule has 1 N–H and O–H groups in total. The van der Waals surface area contributed by atoms with E-state index in [4.69, 9.17) is 13.9 Å². The van der Waals surface area contributed by atoms with E-state index in [0.29, 0.717) is 11.5 Å². The number of para-hydroxylation sites is 3. The topological polar surface area (TPSA) is 43.6 Å². The predicted octanol–water partition coefficient (Wildman–Crippen LogP) is 7.23. The molecule has 2 heterocycles. The summed E-state index contributed by atoms with van der Waals surface area (Å²) < 4.78 is 17.9. The first-order valence-corrected chi connectivity index (χ1v) is 9.11. The van der Waals surface area contributed by atoms with E-state index in [-0.39, 0.29) is 0 Å². The van der Waals surface area contributed by atoms with Crippen LogP contribution in [0.4, 0.5) is 11.4 Å². The van der Waals surface area contributed by atoms with Crippen LogP contribution in [-0.4, -0.2) is 0 Å². The van der Waals surface area contributed by atoms with Gasteiger partial charge in [0.1, 0.15) is 11.2 Å².